The van der Waals surface area contributed by atoms with E-state index >= 15 is 0 Å². The smallest absolute Gasteiger partial charge is 0.255 e. The number of hydrogen-bond acceptors (Lipinski definition) is 4. The number of aromatic nitrogens is 2. The standard InChI is InChI=1S/C16H13N3O3/c1-9-4-13-11(7-17-19-13)5-12(9)18-16(20)10-2-3-14-15(6-10)22-8-21-14/h2-7H,8H2,1H3,(H,17,19)(H,18,20). The summed E-state index contributed by atoms with van der Waals surface area (Å²) in [5, 5.41) is 10.8. The van der Waals surface area contributed by atoms with Gasteiger partial charge in [-0.3, -0.25) is 9.89 Å². The summed E-state index contributed by atoms with van der Waals surface area (Å²) in [6.45, 7) is 2.13. The summed E-state index contributed by atoms with van der Waals surface area (Å²) >= 11 is 0. The second-order valence-electron chi connectivity index (χ2n) is 5.15. The summed E-state index contributed by atoms with van der Waals surface area (Å²) < 4.78 is 10.5. The van der Waals surface area contributed by atoms with Crippen LogP contribution in [-0.4, -0.2) is 22.9 Å². The fraction of sp³-hybridized carbons (Fsp3) is 0.125. The lowest BCUT2D eigenvalue weighted by Crippen LogP contribution is -2.12. The van der Waals surface area contributed by atoms with Gasteiger partial charge in [0.15, 0.2) is 11.5 Å². The average Bonchev–Trinajstić information content (AvgIpc) is 3.14. The Bertz CT molecular complexity index is 885. The molecule has 4 rings (SSSR count). The molecular formula is C16H13N3O3. The van der Waals surface area contributed by atoms with Crippen molar-refractivity contribution in [2.75, 3.05) is 12.1 Å². The maximum atomic E-state index is 12.4. The summed E-state index contributed by atoms with van der Waals surface area (Å²) in [5.74, 6) is 1.06. The average molecular weight is 295 g/mol. The maximum absolute atomic E-state index is 12.4. The Morgan fingerprint density at radius 2 is 2.09 bits per heavy atom. The first kappa shape index (κ1) is 12.7. The van der Waals surface area contributed by atoms with E-state index in [2.05, 4.69) is 15.5 Å². The van der Waals surface area contributed by atoms with Crippen LogP contribution in [0.15, 0.2) is 36.5 Å². The lowest BCUT2D eigenvalue weighted by Gasteiger charge is -2.09. The molecule has 6 nitrogen and oxygen atoms in total. The number of nitrogens with zero attached hydrogens (tertiary/aromatic N) is 1. The second kappa shape index (κ2) is 4.77. The van der Waals surface area contributed by atoms with Gasteiger partial charge in [0, 0.05) is 16.6 Å². The summed E-state index contributed by atoms with van der Waals surface area (Å²) in [6.07, 6.45) is 1.73. The molecule has 1 aliphatic heterocycles. The first-order valence-electron chi connectivity index (χ1n) is 6.85. The van der Waals surface area contributed by atoms with E-state index in [0.29, 0.717) is 17.1 Å². The number of amides is 1. The third kappa shape index (κ3) is 2.05. The van der Waals surface area contributed by atoms with Gasteiger partial charge in [-0.2, -0.15) is 5.10 Å². The van der Waals surface area contributed by atoms with E-state index in [1.807, 2.05) is 19.1 Å². The van der Waals surface area contributed by atoms with Gasteiger partial charge < -0.3 is 14.8 Å². The molecule has 0 fully saturated rings. The van der Waals surface area contributed by atoms with Crippen molar-refractivity contribution >= 4 is 22.5 Å². The predicted molar refractivity (Wildman–Crippen MR) is 81.3 cm³/mol. The van der Waals surface area contributed by atoms with Gasteiger partial charge in [-0.15, -0.1) is 0 Å². The van der Waals surface area contributed by atoms with Gasteiger partial charge >= 0.3 is 0 Å². The molecule has 0 atom stereocenters. The Kier molecular flexibility index (Phi) is 2.75. The fourth-order valence-electron chi connectivity index (χ4n) is 2.47. The van der Waals surface area contributed by atoms with E-state index in [4.69, 9.17) is 9.47 Å². The van der Waals surface area contributed by atoms with Crippen molar-refractivity contribution in [2.45, 2.75) is 6.92 Å². The first-order valence-corrected chi connectivity index (χ1v) is 6.85. The van der Waals surface area contributed by atoms with Gasteiger partial charge in [-0.25, -0.2) is 0 Å². The molecule has 2 heterocycles. The molecule has 0 spiro atoms. The number of anilines is 1. The van der Waals surface area contributed by atoms with Crippen LogP contribution in [-0.2, 0) is 0 Å². The molecule has 1 aliphatic rings. The number of nitrogens with one attached hydrogen (secondary N) is 2. The zero-order chi connectivity index (χ0) is 15.1. The number of carbonyl (C=O) groups excluding carboxylic acids is 1. The van der Waals surface area contributed by atoms with Crippen LogP contribution in [0.5, 0.6) is 11.5 Å². The molecule has 2 N–H and O–H groups in total. The third-order valence-corrected chi connectivity index (χ3v) is 3.67. The number of aromatic amines is 1. The van der Waals surface area contributed by atoms with Gasteiger partial charge in [0.1, 0.15) is 0 Å². The molecule has 6 heteroatoms. The van der Waals surface area contributed by atoms with Gasteiger partial charge in [0.25, 0.3) is 5.91 Å². The van der Waals surface area contributed by atoms with Crippen molar-refractivity contribution in [1.29, 1.82) is 0 Å². The number of hydrogen-bond donors (Lipinski definition) is 2. The zero-order valence-electron chi connectivity index (χ0n) is 11.8. The first-order chi connectivity index (χ1) is 10.7. The topological polar surface area (TPSA) is 76.2 Å². The number of carbonyl (C=O) groups is 1. The highest BCUT2D eigenvalue weighted by molar-refractivity contribution is 6.06. The molecule has 0 unspecified atom stereocenters. The number of fused-ring (bicyclic) bond motifs is 2. The van der Waals surface area contributed by atoms with Gasteiger partial charge in [-0.1, -0.05) is 0 Å². The molecule has 1 amide bonds. The Hall–Kier alpha value is -3.02. The van der Waals surface area contributed by atoms with E-state index in [-0.39, 0.29) is 12.7 Å². The van der Waals surface area contributed by atoms with Gasteiger partial charge in [-0.05, 0) is 42.8 Å². The number of benzene rings is 2. The van der Waals surface area contributed by atoms with Crippen LogP contribution >= 0.6 is 0 Å². The van der Waals surface area contributed by atoms with Crippen molar-refractivity contribution in [1.82, 2.24) is 10.2 Å². The normalized spacial score (nSPS) is 12.6. The second-order valence-corrected chi connectivity index (χ2v) is 5.15. The lowest BCUT2D eigenvalue weighted by atomic mass is 10.1. The zero-order valence-corrected chi connectivity index (χ0v) is 11.8. The highest BCUT2D eigenvalue weighted by Crippen LogP contribution is 2.32. The molecule has 0 saturated carbocycles. The SMILES string of the molecule is Cc1cc2[nH]ncc2cc1NC(=O)c1ccc2c(c1)OCO2. The number of aryl methyl sites for hydroxylation is 1. The van der Waals surface area contributed by atoms with Crippen LogP contribution in [0.3, 0.4) is 0 Å². The van der Waals surface area contributed by atoms with E-state index in [1.165, 1.54) is 0 Å². The Morgan fingerprint density at radius 3 is 3.00 bits per heavy atom. The van der Waals surface area contributed by atoms with Crippen molar-refractivity contribution in [3.05, 3.63) is 47.7 Å². The predicted octanol–water partition coefficient (Wildman–Crippen LogP) is 2.85. The monoisotopic (exact) mass is 295 g/mol. The minimum absolute atomic E-state index is 0.191. The van der Waals surface area contributed by atoms with E-state index in [9.17, 15) is 4.79 Å². The molecule has 0 aliphatic carbocycles. The minimum atomic E-state index is -0.191. The van der Waals surface area contributed by atoms with Crippen LogP contribution in [0.1, 0.15) is 15.9 Å². The summed E-state index contributed by atoms with van der Waals surface area (Å²) in [7, 11) is 0. The summed E-state index contributed by atoms with van der Waals surface area (Å²) in [4.78, 5) is 12.4. The molecule has 22 heavy (non-hydrogen) atoms. The summed E-state index contributed by atoms with van der Waals surface area (Å²) in [6, 6.07) is 9.00. The van der Waals surface area contributed by atoms with Crippen molar-refractivity contribution in [3.8, 4) is 11.5 Å². The molecule has 0 radical (unpaired) electrons. The highest BCUT2D eigenvalue weighted by Gasteiger charge is 2.16. The van der Waals surface area contributed by atoms with Crippen molar-refractivity contribution < 1.29 is 14.3 Å². The minimum Gasteiger partial charge on any atom is -0.454 e. The number of H-pyrrole nitrogens is 1. The number of ether oxygens (including phenoxy) is 2. The van der Waals surface area contributed by atoms with Crippen molar-refractivity contribution in [2.24, 2.45) is 0 Å². The third-order valence-electron chi connectivity index (χ3n) is 3.67. The van der Waals surface area contributed by atoms with Gasteiger partial charge in [0.05, 0.1) is 11.7 Å². The molecule has 0 saturated heterocycles. The van der Waals surface area contributed by atoms with Gasteiger partial charge in [0.2, 0.25) is 6.79 Å². The van der Waals surface area contributed by atoms with Crippen LogP contribution in [0.2, 0.25) is 0 Å². The van der Waals surface area contributed by atoms with Crippen LogP contribution in [0.4, 0.5) is 5.69 Å². The van der Waals surface area contributed by atoms with Crippen molar-refractivity contribution in [3.63, 3.8) is 0 Å². The van der Waals surface area contributed by atoms with E-state index < -0.39 is 0 Å². The summed E-state index contributed by atoms with van der Waals surface area (Å²) in [5.41, 5.74) is 3.19. The molecule has 2 aromatic carbocycles. The highest BCUT2D eigenvalue weighted by atomic mass is 16.7. The Morgan fingerprint density at radius 1 is 1.23 bits per heavy atom. The molecule has 1 aromatic heterocycles. The quantitative estimate of drug-likeness (QED) is 0.762. The number of rotatable bonds is 2. The van der Waals surface area contributed by atoms with E-state index in [1.54, 1.807) is 24.4 Å². The Balaban J connectivity index is 1.64. The Labute approximate surface area is 126 Å². The maximum Gasteiger partial charge on any atom is 0.255 e. The molecule has 110 valence electrons. The molecule has 0 bridgehead atoms. The van der Waals surface area contributed by atoms with Crippen LogP contribution in [0, 0.1) is 6.92 Å². The fourth-order valence-corrected chi connectivity index (χ4v) is 2.47. The van der Waals surface area contributed by atoms with E-state index in [0.717, 1.165) is 22.2 Å². The molecular weight excluding hydrogens is 282 g/mol. The molecule has 3 aromatic rings. The lowest BCUT2D eigenvalue weighted by molar-refractivity contribution is 0.102. The van der Waals surface area contributed by atoms with Crippen LogP contribution < -0.4 is 14.8 Å². The largest absolute Gasteiger partial charge is 0.454 e. The van der Waals surface area contributed by atoms with Crippen LogP contribution in [0.25, 0.3) is 10.9 Å².